The van der Waals surface area contributed by atoms with E-state index in [1.54, 1.807) is 0 Å². The summed E-state index contributed by atoms with van der Waals surface area (Å²) in [5.41, 5.74) is 4.44. The molecule has 0 radical (unpaired) electrons. The quantitative estimate of drug-likeness (QED) is 0.365. The van der Waals surface area contributed by atoms with Crippen molar-refractivity contribution in [1.82, 2.24) is 15.2 Å². The molecule has 0 aliphatic heterocycles. The van der Waals surface area contributed by atoms with E-state index in [1.807, 2.05) is 43.3 Å². The maximum atomic E-state index is 13.6. The molecule has 7 heteroatoms. The van der Waals surface area contributed by atoms with Gasteiger partial charge in [0.2, 0.25) is 0 Å². The smallest absolute Gasteiger partial charge is 0.319 e. The lowest BCUT2D eigenvalue weighted by molar-refractivity contribution is 0.0953. The molecule has 1 aromatic heterocycles. The summed E-state index contributed by atoms with van der Waals surface area (Å²) in [5.74, 6) is 0.808. The fourth-order valence-corrected chi connectivity index (χ4v) is 5.19. The summed E-state index contributed by atoms with van der Waals surface area (Å²) in [6.07, 6.45) is 8.75. The molecule has 0 unspecified atom stereocenters. The minimum atomic E-state index is -0.163. The van der Waals surface area contributed by atoms with Crippen LogP contribution < -0.4 is 20.7 Å². The Morgan fingerprint density at radius 1 is 0.917 bits per heavy atom. The number of hydrogen-bond acceptors (Lipinski definition) is 3. The molecule has 3 saturated carbocycles. The number of amides is 3. The van der Waals surface area contributed by atoms with Gasteiger partial charge in [-0.05, 0) is 88.1 Å². The number of anilines is 1. The number of hydrogen-bond donors (Lipinski definition) is 3. The Morgan fingerprint density at radius 3 is 2.25 bits per heavy atom. The third kappa shape index (κ3) is 4.43. The summed E-state index contributed by atoms with van der Waals surface area (Å²) in [4.78, 5) is 25.9. The van der Waals surface area contributed by atoms with Crippen LogP contribution in [0.4, 0.5) is 10.5 Å². The van der Waals surface area contributed by atoms with Gasteiger partial charge in [-0.15, -0.1) is 0 Å². The summed E-state index contributed by atoms with van der Waals surface area (Å²) >= 11 is 0. The van der Waals surface area contributed by atoms with Gasteiger partial charge in [-0.25, -0.2) is 4.79 Å². The largest absolute Gasteiger partial charge is 0.494 e. The second-order valence-corrected chi connectivity index (χ2v) is 10.3. The maximum Gasteiger partial charge on any atom is 0.319 e. The van der Waals surface area contributed by atoms with Crippen molar-refractivity contribution in [2.75, 3.05) is 11.9 Å². The van der Waals surface area contributed by atoms with Crippen molar-refractivity contribution in [1.29, 1.82) is 0 Å². The van der Waals surface area contributed by atoms with Crippen LogP contribution in [0.25, 0.3) is 22.2 Å². The molecule has 0 saturated heterocycles. The number of urea groups is 1. The first-order chi connectivity index (χ1) is 17.6. The molecule has 0 spiro atoms. The lowest BCUT2D eigenvalue weighted by Crippen LogP contribution is -2.41. The van der Waals surface area contributed by atoms with Crippen LogP contribution in [0.3, 0.4) is 0 Å². The molecule has 3 N–H and O–H groups in total. The molecule has 0 bridgehead atoms. The predicted octanol–water partition coefficient (Wildman–Crippen LogP) is 6.00. The maximum absolute atomic E-state index is 13.6. The van der Waals surface area contributed by atoms with E-state index in [0.717, 1.165) is 77.7 Å². The van der Waals surface area contributed by atoms with E-state index < -0.39 is 0 Å². The highest BCUT2D eigenvalue weighted by Crippen LogP contribution is 2.44. The number of nitrogens with one attached hydrogen (secondary N) is 3. The molecule has 3 aliphatic carbocycles. The van der Waals surface area contributed by atoms with Gasteiger partial charge in [0, 0.05) is 35.3 Å². The molecule has 3 fully saturated rings. The number of benzene rings is 2. The van der Waals surface area contributed by atoms with Crippen molar-refractivity contribution in [2.45, 2.75) is 76.4 Å². The zero-order valence-electron chi connectivity index (χ0n) is 20.8. The number of ether oxygens (including phenoxy) is 1. The number of nitrogens with zero attached hydrogens (tertiary/aromatic N) is 1. The summed E-state index contributed by atoms with van der Waals surface area (Å²) < 4.78 is 8.18. The zero-order chi connectivity index (χ0) is 24.6. The van der Waals surface area contributed by atoms with E-state index in [-0.39, 0.29) is 24.0 Å². The van der Waals surface area contributed by atoms with E-state index in [9.17, 15) is 9.59 Å². The van der Waals surface area contributed by atoms with Gasteiger partial charge in [0.15, 0.2) is 0 Å². The molecule has 3 aromatic rings. The van der Waals surface area contributed by atoms with Gasteiger partial charge in [-0.2, -0.15) is 0 Å². The average molecular weight is 487 g/mol. The molecule has 6 rings (SSSR count). The van der Waals surface area contributed by atoms with Crippen molar-refractivity contribution in [3.63, 3.8) is 0 Å². The summed E-state index contributed by atoms with van der Waals surface area (Å²) in [6.45, 7) is 2.58. The minimum Gasteiger partial charge on any atom is -0.494 e. The van der Waals surface area contributed by atoms with Gasteiger partial charge < -0.3 is 25.3 Å². The number of carbonyl (C=O) groups is 2. The molecule has 7 nitrogen and oxygen atoms in total. The predicted molar refractivity (Wildman–Crippen MR) is 142 cm³/mol. The SMILES string of the molecule is CCOc1ccc2c(C(=O)NC3CC3)c(-c3ccc(NC(=O)NC4CCC4)cc3)n(C3CCC3)c2c1. The van der Waals surface area contributed by atoms with Crippen LogP contribution in [0.5, 0.6) is 5.75 Å². The van der Waals surface area contributed by atoms with Crippen LogP contribution in [0, 0.1) is 0 Å². The third-order valence-electron chi connectivity index (χ3n) is 7.72. The normalized spacial score (nSPS) is 17.8. The lowest BCUT2D eigenvalue weighted by Gasteiger charge is -2.30. The molecule has 1 heterocycles. The monoisotopic (exact) mass is 486 g/mol. The van der Waals surface area contributed by atoms with Gasteiger partial charge in [0.05, 0.1) is 23.4 Å². The van der Waals surface area contributed by atoms with Gasteiger partial charge in [-0.1, -0.05) is 12.1 Å². The van der Waals surface area contributed by atoms with Crippen LogP contribution in [0.2, 0.25) is 0 Å². The van der Waals surface area contributed by atoms with E-state index >= 15 is 0 Å². The van der Waals surface area contributed by atoms with Gasteiger partial charge in [-0.3, -0.25) is 4.79 Å². The van der Waals surface area contributed by atoms with E-state index in [1.165, 1.54) is 12.8 Å². The first-order valence-electron chi connectivity index (χ1n) is 13.4. The Labute approximate surface area is 211 Å². The second-order valence-electron chi connectivity index (χ2n) is 10.3. The molecular formula is C29H34N4O3. The van der Waals surface area contributed by atoms with Gasteiger partial charge in [0.1, 0.15) is 5.75 Å². The van der Waals surface area contributed by atoms with Crippen molar-refractivity contribution < 1.29 is 14.3 Å². The standard InChI is InChI=1S/C29H34N4O3/c1-2-36-23-15-16-24-25(17-23)33(22-7-4-8-22)27(26(24)28(34)30-20-13-14-20)18-9-11-21(12-10-18)32-29(35)31-19-5-3-6-19/h9-12,15-17,19-20,22H,2-8,13-14H2,1H3,(H,30,34)(H2,31,32,35). The number of aromatic nitrogens is 1. The number of carbonyl (C=O) groups excluding carboxylic acids is 2. The third-order valence-corrected chi connectivity index (χ3v) is 7.72. The fourth-order valence-electron chi connectivity index (χ4n) is 5.19. The summed E-state index contributed by atoms with van der Waals surface area (Å²) in [5, 5.41) is 10.1. The van der Waals surface area contributed by atoms with Crippen molar-refractivity contribution in [3.05, 3.63) is 48.0 Å². The minimum absolute atomic E-state index is 0.0122. The fraction of sp³-hybridized carbons (Fsp3) is 0.448. The second kappa shape index (κ2) is 9.52. The lowest BCUT2D eigenvalue weighted by atomic mass is 9.92. The van der Waals surface area contributed by atoms with Crippen LogP contribution in [0.15, 0.2) is 42.5 Å². The molecule has 188 valence electrons. The number of fused-ring (bicyclic) bond motifs is 1. The molecule has 3 aliphatic rings. The Kier molecular flexibility index (Phi) is 6.07. The van der Waals surface area contributed by atoms with E-state index in [0.29, 0.717) is 12.6 Å². The van der Waals surface area contributed by atoms with Crippen molar-refractivity contribution >= 4 is 28.5 Å². The molecule has 3 amide bonds. The highest BCUT2D eigenvalue weighted by atomic mass is 16.5. The first-order valence-corrected chi connectivity index (χ1v) is 13.4. The average Bonchev–Trinajstić information content (AvgIpc) is 3.56. The summed E-state index contributed by atoms with van der Waals surface area (Å²) in [7, 11) is 0. The highest BCUT2D eigenvalue weighted by Gasteiger charge is 2.32. The Balaban J connectivity index is 1.40. The van der Waals surface area contributed by atoms with Crippen LogP contribution >= 0.6 is 0 Å². The van der Waals surface area contributed by atoms with Crippen LogP contribution in [0.1, 0.15) is 74.7 Å². The van der Waals surface area contributed by atoms with E-state index in [4.69, 9.17) is 4.74 Å². The Hall–Kier alpha value is -3.48. The first kappa shape index (κ1) is 23.0. The van der Waals surface area contributed by atoms with Gasteiger partial charge in [0.25, 0.3) is 5.91 Å². The van der Waals surface area contributed by atoms with Crippen molar-refractivity contribution in [3.8, 4) is 17.0 Å². The van der Waals surface area contributed by atoms with Crippen LogP contribution in [-0.4, -0.2) is 35.2 Å². The molecule has 36 heavy (non-hydrogen) atoms. The summed E-state index contributed by atoms with van der Waals surface area (Å²) in [6, 6.07) is 14.7. The number of rotatable bonds is 8. The van der Waals surface area contributed by atoms with Crippen LogP contribution in [-0.2, 0) is 0 Å². The Morgan fingerprint density at radius 2 is 1.64 bits per heavy atom. The zero-order valence-corrected chi connectivity index (χ0v) is 20.8. The van der Waals surface area contributed by atoms with Crippen molar-refractivity contribution in [2.24, 2.45) is 0 Å². The van der Waals surface area contributed by atoms with E-state index in [2.05, 4.69) is 26.6 Å². The molecule has 0 atom stereocenters. The highest BCUT2D eigenvalue weighted by molar-refractivity contribution is 6.13. The Bertz CT molecular complexity index is 1280. The molecular weight excluding hydrogens is 452 g/mol. The topological polar surface area (TPSA) is 84.4 Å². The van der Waals surface area contributed by atoms with Gasteiger partial charge >= 0.3 is 6.03 Å². The molecule has 2 aromatic carbocycles.